The number of rotatable bonds is 3. The van der Waals surface area contributed by atoms with Gasteiger partial charge in [0.1, 0.15) is 17.4 Å². The van der Waals surface area contributed by atoms with Crippen molar-refractivity contribution in [3.63, 3.8) is 0 Å². The van der Waals surface area contributed by atoms with Gasteiger partial charge in [-0.1, -0.05) is 23.4 Å². The van der Waals surface area contributed by atoms with E-state index in [0.29, 0.717) is 23.6 Å². The van der Waals surface area contributed by atoms with Gasteiger partial charge in [-0.25, -0.2) is 9.69 Å². The topological polar surface area (TPSA) is 91.2 Å². The average Bonchev–Trinajstić information content (AvgIpc) is 3.20. The molecule has 1 aliphatic heterocycles. The number of carbonyl (C=O) groups is 2. The second-order valence-electron chi connectivity index (χ2n) is 5.91. The van der Waals surface area contributed by atoms with Gasteiger partial charge < -0.3 is 14.8 Å². The van der Waals surface area contributed by atoms with Crippen LogP contribution in [0.15, 0.2) is 35.0 Å². The number of amides is 3. The number of anilines is 1. The number of fused-ring (bicyclic) bond motifs is 1. The Kier molecular flexibility index (Phi) is 3.16. The molecule has 1 atom stereocenters. The number of nitrogens with one attached hydrogen (secondary N) is 2. The molecule has 1 unspecified atom stereocenters. The van der Waals surface area contributed by atoms with E-state index in [-0.39, 0.29) is 5.91 Å². The lowest BCUT2D eigenvalue weighted by Gasteiger charge is -2.12. The van der Waals surface area contributed by atoms with Crippen LogP contribution >= 0.6 is 0 Å². The fraction of sp³-hybridized carbons (Fsp3) is 0.235. The zero-order valence-corrected chi connectivity index (χ0v) is 13.3. The van der Waals surface area contributed by atoms with Gasteiger partial charge in [-0.2, -0.15) is 0 Å². The molecule has 0 aliphatic carbocycles. The number of imide groups is 1. The third-order valence-electron chi connectivity index (χ3n) is 4.34. The van der Waals surface area contributed by atoms with Crippen LogP contribution in [0, 0.1) is 13.8 Å². The lowest BCUT2D eigenvalue weighted by molar-refractivity contribution is -0.118. The summed E-state index contributed by atoms with van der Waals surface area (Å²) in [6.07, 6.45) is 2.30. The Hall–Kier alpha value is -3.09. The number of para-hydroxylation sites is 1. The molecule has 24 heavy (non-hydrogen) atoms. The summed E-state index contributed by atoms with van der Waals surface area (Å²) in [4.78, 5) is 29.4. The smallest absolute Gasteiger partial charge is 0.329 e. The molecule has 0 saturated carbocycles. The molecule has 1 aliphatic rings. The maximum atomic E-state index is 12.7. The molecule has 0 bridgehead atoms. The summed E-state index contributed by atoms with van der Waals surface area (Å²) < 4.78 is 5.07. The molecule has 2 aromatic heterocycles. The molecule has 0 radical (unpaired) electrons. The van der Waals surface area contributed by atoms with E-state index < -0.39 is 12.1 Å². The van der Waals surface area contributed by atoms with Crippen LogP contribution in [-0.2, 0) is 11.2 Å². The SMILES string of the molecule is Cc1noc(C)c1N1C(=O)NC(Cc2c[nH]c3ccccc23)C1=O. The molecular formula is C17H16N4O3. The predicted octanol–water partition coefficient (Wildman–Crippen LogP) is 2.44. The number of aromatic amines is 1. The Labute approximate surface area is 137 Å². The molecule has 1 fully saturated rings. The molecule has 7 nitrogen and oxygen atoms in total. The molecule has 122 valence electrons. The van der Waals surface area contributed by atoms with Crippen LogP contribution < -0.4 is 10.2 Å². The van der Waals surface area contributed by atoms with Gasteiger partial charge in [0.05, 0.1) is 0 Å². The Balaban J connectivity index is 1.64. The van der Waals surface area contributed by atoms with E-state index >= 15 is 0 Å². The van der Waals surface area contributed by atoms with Gasteiger partial charge in [-0.3, -0.25) is 4.79 Å². The predicted molar refractivity (Wildman–Crippen MR) is 87.8 cm³/mol. The van der Waals surface area contributed by atoms with Gasteiger partial charge in [-0.15, -0.1) is 0 Å². The standard InChI is InChI=1S/C17H16N4O3/c1-9-15(10(2)24-20-9)21-16(22)14(19-17(21)23)7-11-8-18-13-6-4-3-5-12(11)13/h3-6,8,14,18H,7H2,1-2H3,(H,19,23). The summed E-state index contributed by atoms with van der Waals surface area (Å²) in [5.74, 6) is 0.156. The molecule has 1 saturated heterocycles. The van der Waals surface area contributed by atoms with E-state index in [0.717, 1.165) is 21.4 Å². The lowest BCUT2D eigenvalue weighted by Crippen LogP contribution is -2.32. The van der Waals surface area contributed by atoms with Gasteiger partial charge in [-0.05, 0) is 25.5 Å². The van der Waals surface area contributed by atoms with Crippen molar-refractivity contribution in [3.05, 3.63) is 47.5 Å². The first kappa shape index (κ1) is 14.5. The highest BCUT2D eigenvalue weighted by Gasteiger charge is 2.41. The van der Waals surface area contributed by atoms with Crippen molar-refractivity contribution < 1.29 is 14.1 Å². The first-order valence-electron chi connectivity index (χ1n) is 7.68. The fourth-order valence-corrected chi connectivity index (χ4v) is 3.20. The van der Waals surface area contributed by atoms with E-state index in [2.05, 4.69) is 15.5 Å². The van der Waals surface area contributed by atoms with Gasteiger partial charge in [0.15, 0.2) is 5.76 Å². The van der Waals surface area contributed by atoms with Crippen LogP contribution in [0.4, 0.5) is 10.5 Å². The van der Waals surface area contributed by atoms with E-state index in [9.17, 15) is 9.59 Å². The molecule has 3 amide bonds. The summed E-state index contributed by atoms with van der Waals surface area (Å²) in [6.45, 7) is 3.39. The van der Waals surface area contributed by atoms with Crippen molar-refractivity contribution in [2.45, 2.75) is 26.3 Å². The van der Waals surface area contributed by atoms with Gasteiger partial charge in [0, 0.05) is 23.5 Å². The summed E-state index contributed by atoms with van der Waals surface area (Å²) in [5.41, 5.74) is 2.94. The van der Waals surface area contributed by atoms with E-state index in [1.165, 1.54) is 0 Å². The van der Waals surface area contributed by atoms with Crippen LogP contribution in [0.2, 0.25) is 0 Å². The van der Waals surface area contributed by atoms with Crippen molar-refractivity contribution in [2.24, 2.45) is 0 Å². The minimum Gasteiger partial charge on any atom is -0.361 e. The monoisotopic (exact) mass is 324 g/mol. The molecule has 3 aromatic rings. The lowest BCUT2D eigenvalue weighted by atomic mass is 10.0. The summed E-state index contributed by atoms with van der Waals surface area (Å²) >= 11 is 0. The molecule has 2 N–H and O–H groups in total. The van der Waals surface area contributed by atoms with Crippen LogP contribution in [0.25, 0.3) is 10.9 Å². The average molecular weight is 324 g/mol. The Bertz CT molecular complexity index is 936. The van der Waals surface area contributed by atoms with E-state index in [1.54, 1.807) is 13.8 Å². The van der Waals surface area contributed by atoms with Crippen molar-refractivity contribution >= 4 is 28.5 Å². The number of urea groups is 1. The maximum Gasteiger partial charge on any atom is 0.329 e. The molecule has 3 heterocycles. The molecule has 0 spiro atoms. The largest absolute Gasteiger partial charge is 0.361 e. The van der Waals surface area contributed by atoms with Crippen molar-refractivity contribution in [2.75, 3.05) is 4.90 Å². The minimum absolute atomic E-state index is 0.292. The normalized spacial score (nSPS) is 17.8. The minimum atomic E-state index is -0.606. The third kappa shape index (κ3) is 2.09. The second kappa shape index (κ2) is 5.23. The van der Waals surface area contributed by atoms with Crippen LogP contribution in [0.5, 0.6) is 0 Å². The van der Waals surface area contributed by atoms with E-state index in [1.807, 2.05) is 30.5 Å². The number of benzene rings is 1. The molecular weight excluding hydrogens is 308 g/mol. The number of hydrogen-bond donors (Lipinski definition) is 2. The van der Waals surface area contributed by atoms with Gasteiger partial charge in [0.2, 0.25) is 0 Å². The van der Waals surface area contributed by atoms with Crippen molar-refractivity contribution in [1.82, 2.24) is 15.5 Å². The zero-order chi connectivity index (χ0) is 16.8. The van der Waals surface area contributed by atoms with Gasteiger partial charge >= 0.3 is 6.03 Å². The number of aromatic nitrogens is 2. The van der Waals surface area contributed by atoms with E-state index in [4.69, 9.17) is 4.52 Å². The highest BCUT2D eigenvalue weighted by atomic mass is 16.5. The van der Waals surface area contributed by atoms with Crippen LogP contribution in [0.3, 0.4) is 0 Å². The number of H-pyrrole nitrogens is 1. The number of aryl methyl sites for hydroxylation is 2. The first-order valence-corrected chi connectivity index (χ1v) is 7.68. The van der Waals surface area contributed by atoms with Gasteiger partial charge in [0.25, 0.3) is 5.91 Å². The quantitative estimate of drug-likeness (QED) is 0.724. The number of carbonyl (C=O) groups excluding carboxylic acids is 2. The Morgan fingerprint density at radius 3 is 2.79 bits per heavy atom. The summed E-state index contributed by atoms with van der Waals surface area (Å²) in [6, 6.07) is 6.82. The van der Waals surface area contributed by atoms with Crippen molar-refractivity contribution in [1.29, 1.82) is 0 Å². The maximum absolute atomic E-state index is 12.7. The Morgan fingerprint density at radius 2 is 2.04 bits per heavy atom. The third-order valence-corrected chi connectivity index (χ3v) is 4.34. The Morgan fingerprint density at radius 1 is 1.25 bits per heavy atom. The zero-order valence-electron chi connectivity index (χ0n) is 13.3. The highest BCUT2D eigenvalue weighted by Crippen LogP contribution is 2.28. The molecule has 1 aromatic carbocycles. The fourth-order valence-electron chi connectivity index (χ4n) is 3.20. The first-order chi connectivity index (χ1) is 11.6. The number of hydrogen-bond acceptors (Lipinski definition) is 4. The second-order valence-corrected chi connectivity index (χ2v) is 5.91. The highest BCUT2D eigenvalue weighted by molar-refractivity contribution is 6.22. The van der Waals surface area contributed by atoms with Crippen molar-refractivity contribution in [3.8, 4) is 0 Å². The van der Waals surface area contributed by atoms with Crippen LogP contribution in [-0.4, -0.2) is 28.1 Å². The summed E-state index contributed by atoms with van der Waals surface area (Å²) in [5, 5.41) is 7.62. The number of nitrogens with zero attached hydrogens (tertiary/aromatic N) is 2. The molecule has 4 rings (SSSR count). The summed E-state index contributed by atoms with van der Waals surface area (Å²) in [7, 11) is 0. The van der Waals surface area contributed by atoms with Crippen LogP contribution in [0.1, 0.15) is 17.0 Å². The molecule has 7 heteroatoms.